The lowest BCUT2D eigenvalue weighted by atomic mass is 9.96. The zero-order valence-corrected chi connectivity index (χ0v) is 9.59. The molecule has 4 heteroatoms. The van der Waals surface area contributed by atoms with Crippen LogP contribution in [0.25, 0.3) is 0 Å². The number of sulfonamides is 1. The normalized spacial score (nSPS) is 25.6. The predicted molar refractivity (Wildman–Crippen MR) is 56.6 cm³/mol. The van der Waals surface area contributed by atoms with E-state index in [4.69, 9.17) is 0 Å². The highest BCUT2D eigenvalue weighted by Gasteiger charge is 2.40. The lowest BCUT2D eigenvalue weighted by Crippen LogP contribution is -2.40. The molecule has 0 aromatic heterocycles. The molecule has 2 aliphatic carbocycles. The molecule has 0 aliphatic heterocycles. The molecule has 0 heterocycles. The SMILES string of the molecule is CN(C1CCCCC1)S(=O)(=O)C1CC1. The summed E-state index contributed by atoms with van der Waals surface area (Å²) in [5.41, 5.74) is 0. The van der Waals surface area contributed by atoms with Gasteiger partial charge in [0.15, 0.2) is 0 Å². The lowest BCUT2D eigenvalue weighted by Gasteiger charge is -2.30. The van der Waals surface area contributed by atoms with Crippen LogP contribution in [0.1, 0.15) is 44.9 Å². The largest absolute Gasteiger partial charge is 0.216 e. The second-order valence-corrected chi connectivity index (χ2v) is 6.82. The Balaban J connectivity index is 2.02. The van der Waals surface area contributed by atoms with E-state index in [2.05, 4.69) is 0 Å². The Labute approximate surface area is 86.5 Å². The molecule has 82 valence electrons. The molecule has 2 rings (SSSR count). The average Bonchev–Trinajstić information content (AvgIpc) is 3.01. The summed E-state index contributed by atoms with van der Waals surface area (Å²) in [6, 6.07) is 0.286. The number of nitrogens with zero attached hydrogens (tertiary/aromatic N) is 1. The number of hydrogen-bond donors (Lipinski definition) is 0. The second-order valence-electron chi connectivity index (χ2n) is 4.55. The zero-order valence-electron chi connectivity index (χ0n) is 8.78. The van der Waals surface area contributed by atoms with Gasteiger partial charge in [-0.15, -0.1) is 0 Å². The van der Waals surface area contributed by atoms with Crippen LogP contribution in [0.15, 0.2) is 0 Å². The minimum absolute atomic E-state index is 0.0468. The summed E-state index contributed by atoms with van der Waals surface area (Å²) in [6.45, 7) is 0. The van der Waals surface area contributed by atoms with Crippen LogP contribution in [0.5, 0.6) is 0 Å². The highest BCUT2D eigenvalue weighted by Crippen LogP contribution is 2.33. The maximum absolute atomic E-state index is 11.9. The maximum Gasteiger partial charge on any atom is 0.216 e. The highest BCUT2D eigenvalue weighted by atomic mass is 32.2. The smallest absolute Gasteiger partial charge is 0.212 e. The zero-order chi connectivity index (χ0) is 10.2. The van der Waals surface area contributed by atoms with Gasteiger partial charge < -0.3 is 0 Å². The summed E-state index contributed by atoms with van der Waals surface area (Å²) in [5.74, 6) is 0. The monoisotopic (exact) mass is 217 g/mol. The van der Waals surface area contributed by atoms with E-state index >= 15 is 0 Å². The van der Waals surface area contributed by atoms with Crippen molar-refractivity contribution in [3.63, 3.8) is 0 Å². The summed E-state index contributed by atoms with van der Waals surface area (Å²) >= 11 is 0. The molecule has 0 amide bonds. The molecule has 0 aromatic rings. The van der Waals surface area contributed by atoms with Crippen molar-refractivity contribution in [3.05, 3.63) is 0 Å². The van der Waals surface area contributed by atoms with Crippen LogP contribution in [0, 0.1) is 0 Å². The fraction of sp³-hybridized carbons (Fsp3) is 1.00. The molecular weight excluding hydrogens is 198 g/mol. The minimum atomic E-state index is -2.93. The quantitative estimate of drug-likeness (QED) is 0.722. The molecule has 2 saturated carbocycles. The van der Waals surface area contributed by atoms with Gasteiger partial charge in [-0.3, -0.25) is 0 Å². The van der Waals surface area contributed by atoms with Crippen LogP contribution in [-0.4, -0.2) is 31.1 Å². The van der Waals surface area contributed by atoms with Crippen molar-refractivity contribution in [1.29, 1.82) is 0 Å². The summed E-state index contributed by atoms with van der Waals surface area (Å²) in [6.07, 6.45) is 7.52. The summed E-state index contributed by atoms with van der Waals surface area (Å²) in [4.78, 5) is 0. The van der Waals surface area contributed by atoms with E-state index < -0.39 is 10.0 Å². The molecule has 0 radical (unpaired) electrons. The Morgan fingerprint density at radius 3 is 2.07 bits per heavy atom. The molecular formula is C10H19NO2S. The third-order valence-corrected chi connectivity index (χ3v) is 5.85. The van der Waals surface area contributed by atoms with E-state index in [0.717, 1.165) is 25.7 Å². The Morgan fingerprint density at radius 1 is 1.00 bits per heavy atom. The molecule has 0 unspecified atom stereocenters. The van der Waals surface area contributed by atoms with Gasteiger partial charge in [0.1, 0.15) is 0 Å². The first kappa shape index (κ1) is 10.4. The molecule has 14 heavy (non-hydrogen) atoms. The molecule has 0 atom stereocenters. The van der Waals surface area contributed by atoms with Crippen molar-refractivity contribution in [2.24, 2.45) is 0 Å². The molecule has 2 fully saturated rings. The van der Waals surface area contributed by atoms with E-state index in [1.165, 1.54) is 19.3 Å². The van der Waals surface area contributed by atoms with Crippen LogP contribution in [0.3, 0.4) is 0 Å². The summed E-state index contributed by atoms with van der Waals surface area (Å²) < 4.78 is 25.5. The topological polar surface area (TPSA) is 37.4 Å². The number of rotatable bonds is 3. The minimum Gasteiger partial charge on any atom is -0.212 e. The van der Waals surface area contributed by atoms with E-state index in [1.54, 1.807) is 11.4 Å². The van der Waals surface area contributed by atoms with Gasteiger partial charge in [0.05, 0.1) is 5.25 Å². The van der Waals surface area contributed by atoms with Crippen LogP contribution in [0.2, 0.25) is 0 Å². The van der Waals surface area contributed by atoms with E-state index in [-0.39, 0.29) is 11.3 Å². The number of hydrogen-bond acceptors (Lipinski definition) is 2. The van der Waals surface area contributed by atoms with Gasteiger partial charge in [-0.1, -0.05) is 19.3 Å². The van der Waals surface area contributed by atoms with Gasteiger partial charge in [-0.05, 0) is 25.7 Å². The fourth-order valence-electron chi connectivity index (χ4n) is 2.25. The van der Waals surface area contributed by atoms with Crippen molar-refractivity contribution in [1.82, 2.24) is 4.31 Å². The molecule has 3 nitrogen and oxygen atoms in total. The van der Waals surface area contributed by atoms with Crippen LogP contribution < -0.4 is 0 Å². The molecule has 0 bridgehead atoms. The third-order valence-electron chi connectivity index (χ3n) is 3.44. The molecule has 0 saturated heterocycles. The van der Waals surface area contributed by atoms with Gasteiger partial charge in [-0.2, -0.15) is 0 Å². The van der Waals surface area contributed by atoms with Gasteiger partial charge >= 0.3 is 0 Å². The Hall–Kier alpha value is -0.0900. The van der Waals surface area contributed by atoms with E-state index in [0.29, 0.717) is 0 Å². The Morgan fingerprint density at radius 2 is 1.57 bits per heavy atom. The predicted octanol–water partition coefficient (Wildman–Crippen LogP) is 1.74. The molecule has 0 aromatic carbocycles. The fourth-order valence-corrected chi connectivity index (χ4v) is 4.08. The highest BCUT2D eigenvalue weighted by molar-refractivity contribution is 7.90. The van der Waals surface area contributed by atoms with Gasteiger partial charge in [-0.25, -0.2) is 12.7 Å². The van der Waals surface area contributed by atoms with Gasteiger partial charge in [0, 0.05) is 13.1 Å². The van der Waals surface area contributed by atoms with Crippen molar-refractivity contribution in [2.75, 3.05) is 7.05 Å². The van der Waals surface area contributed by atoms with E-state index in [9.17, 15) is 8.42 Å². The van der Waals surface area contributed by atoms with Gasteiger partial charge in [0.25, 0.3) is 0 Å². The van der Waals surface area contributed by atoms with Crippen molar-refractivity contribution in [3.8, 4) is 0 Å². The first-order valence-electron chi connectivity index (χ1n) is 5.59. The average molecular weight is 217 g/mol. The second kappa shape index (κ2) is 3.81. The summed E-state index contributed by atoms with van der Waals surface area (Å²) in [5, 5.41) is -0.0468. The Kier molecular flexibility index (Phi) is 2.84. The van der Waals surface area contributed by atoms with Crippen molar-refractivity contribution in [2.45, 2.75) is 56.2 Å². The lowest BCUT2D eigenvalue weighted by molar-refractivity contribution is 0.285. The maximum atomic E-state index is 11.9. The molecule has 0 N–H and O–H groups in total. The van der Waals surface area contributed by atoms with E-state index in [1.807, 2.05) is 0 Å². The van der Waals surface area contributed by atoms with Crippen LogP contribution in [0.4, 0.5) is 0 Å². The first-order chi connectivity index (χ1) is 6.62. The molecule has 0 spiro atoms. The van der Waals surface area contributed by atoms with Crippen molar-refractivity contribution < 1.29 is 8.42 Å². The Bertz CT molecular complexity index is 289. The van der Waals surface area contributed by atoms with Gasteiger partial charge in [0.2, 0.25) is 10.0 Å². The molecule has 2 aliphatic rings. The van der Waals surface area contributed by atoms with Crippen LogP contribution >= 0.6 is 0 Å². The summed E-state index contributed by atoms with van der Waals surface area (Å²) in [7, 11) is -1.16. The van der Waals surface area contributed by atoms with Crippen molar-refractivity contribution >= 4 is 10.0 Å². The first-order valence-corrected chi connectivity index (χ1v) is 7.09. The standard InChI is InChI=1S/C10H19NO2S/c1-11(9-5-3-2-4-6-9)14(12,13)10-7-8-10/h9-10H,2-8H2,1H3. The third kappa shape index (κ3) is 1.96. The van der Waals surface area contributed by atoms with Crippen LogP contribution in [-0.2, 0) is 10.0 Å².